The number of halogens is 2. The summed E-state index contributed by atoms with van der Waals surface area (Å²) in [5.41, 5.74) is -1.24. The van der Waals surface area contributed by atoms with Crippen molar-refractivity contribution in [2.24, 2.45) is 5.14 Å². The van der Waals surface area contributed by atoms with Gasteiger partial charge in [-0.1, -0.05) is 0 Å². The third kappa shape index (κ3) is 4.75. The summed E-state index contributed by atoms with van der Waals surface area (Å²) in [5, 5.41) is 17.8. The Kier molecular flexibility index (Phi) is 4.72. The first-order valence-electron chi connectivity index (χ1n) is 5.08. The number of anilines is 1. The molecule has 1 rings (SSSR count). The average Bonchev–Trinajstić information content (AvgIpc) is 2.21. The second kappa shape index (κ2) is 5.89. The monoisotopic (exact) mass is 295 g/mol. The zero-order valence-corrected chi connectivity index (χ0v) is 10.4. The first kappa shape index (κ1) is 15.2. The number of nitrogens with one attached hydrogen (secondary N) is 1. The van der Waals surface area contributed by atoms with E-state index < -0.39 is 32.3 Å². The molecule has 0 saturated heterocycles. The van der Waals surface area contributed by atoms with Crippen LogP contribution in [0.1, 0.15) is 6.42 Å². The zero-order valence-electron chi connectivity index (χ0n) is 9.60. The van der Waals surface area contributed by atoms with Gasteiger partial charge in [0, 0.05) is 18.7 Å². The molecule has 0 aromatic heterocycles. The van der Waals surface area contributed by atoms with E-state index in [1.54, 1.807) is 0 Å². The van der Waals surface area contributed by atoms with Crippen LogP contribution in [0.3, 0.4) is 0 Å². The van der Waals surface area contributed by atoms with Gasteiger partial charge in [-0.15, -0.1) is 0 Å². The van der Waals surface area contributed by atoms with Crippen molar-refractivity contribution in [3.63, 3.8) is 0 Å². The molecule has 0 spiro atoms. The molecule has 19 heavy (non-hydrogen) atoms. The second-order valence-electron chi connectivity index (χ2n) is 3.69. The van der Waals surface area contributed by atoms with Gasteiger partial charge in [-0.05, 0) is 6.42 Å². The zero-order chi connectivity index (χ0) is 14.6. The lowest BCUT2D eigenvalue weighted by molar-refractivity contribution is -0.386. The van der Waals surface area contributed by atoms with Crippen molar-refractivity contribution in [1.29, 1.82) is 0 Å². The van der Waals surface area contributed by atoms with Gasteiger partial charge in [0.05, 0.1) is 10.7 Å². The minimum Gasteiger partial charge on any atom is -0.379 e. The van der Waals surface area contributed by atoms with Gasteiger partial charge in [-0.2, -0.15) is 4.39 Å². The van der Waals surface area contributed by atoms with Crippen molar-refractivity contribution in [2.45, 2.75) is 6.42 Å². The molecule has 0 saturated carbocycles. The van der Waals surface area contributed by atoms with Crippen molar-refractivity contribution in [3.8, 4) is 0 Å². The predicted molar refractivity (Wildman–Crippen MR) is 64.1 cm³/mol. The largest absolute Gasteiger partial charge is 0.379 e. The third-order valence-electron chi connectivity index (χ3n) is 2.13. The third-order valence-corrected chi connectivity index (χ3v) is 2.99. The number of nitrogens with two attached hydrogens (primary N) is 1. The number of benzene rings is 1. The van der Waals surface area contributed by atoms with E-state index in [1.165, 1.54) is 0 Å². The fourth-order valence-electron chi connectivity index (χ4n) is 1.38. The van der Waals surface area contributed by atoms with E-state index in [9.17, 15) is 27.3 Å². The first-order valence-corrected chi connectivity index (χ1v) is 6.80. The molecule has 0 aliphatic carbocycles. The number of nitro benzene ring substituents is 1. The average molecular weight is 295 g/mol. The quantitative estimate of drug-likeness (QED) is 0.461. The number of primary sulfonamides is 1. The van der Waals surface area contributed by atoms with Gasteiger partial charge in [0.2, 0.25) is 15.8 Å². The number of nitro groups is 1. The maximum absolute atomic E-state index is 13.2. The maximum atomic E-state index is 13.2. The first-order chi connectivity index (χ1) is 8.70. The summed E-state index contributed by atoms with van der Waals surface area (Å²) < 4.78 is 47.5. The van der Waals surface area contributed by atoms with E-state index in [1.807, 2.05) is 0 Å². The van der Waals surface area contributed by atoms with Crippen molar-refractivity contribution in [3.05, 3.63) is 33.9 Å². The molecule has 10 heteroatoms. The highest BCUT2D eigenvalue weighted by Crippen LogP contribution is 2.28. The molecule has 0 aliphatic heterocycles. The van der Waals surface area contributed by atoms with Gasteiger partial charge >= 0.3 is 5.69 Å². The Labute approximate surface area is 107 Å². The molecular weight excluding hydrogens is 284 g/mol. The van der Waals surface area contributed by atoms with E-state index in [-0.39, 0.29) is 24.4 Å². The van der Waals surface area contributed by atoms with Crippen LogP contribution in [0.15, 0.2) is 12.1 Å². The SMILES string of the molecule is NS(=O)(=O)CCCNc1cc(F)cc(F)c1[N+](=O)[O-]. The van der Waals surface area contributed by atoms with Gasteiger partial charge < -0.3 is 5.32 Å². The minimum atomic E-state index is -3.64. The Morgan fingerprint density at radius 3 is 2.53 bits per heavy atom. The van der Waals surface area contributed by atoms with Crippen molar-refractivity contribution >= 4 is 21.4 Å². The minimum absolute atomic E-state index is 0.0276. The normalized spacial score (nSPS) is 11.3. The Hall–Kier alpha value is -1.81. The van der Waals surface area contributed by atoms with E-state index in [0.29, 0.717) is 6.07 Å². The molecule has 0 aliphatic rings. The summed E-state index contributed by atoms with van der Waals surface area (Å²) in [6, 6.07) is 1.16. The molecule has 1 aromatic carbocycles. The van der Waals surface area contributed by atoms with E-state index in [4.69, 9.17) is 5.14 Å². The topological polar surface area (TPSA) is 115 Å². The lowest BCUT2D eigenvalue weighted by Gasteiger charge is -2.07. The van der Waals surface area contributed by atoms with Gasteiger partial charge in [0.1, 0.15) is 11.5 Å². The second-order valence-corrected chi connectivity index (χ2v) is 5.42. The fraction of sp³-hybridized carbons (Fsp3) is 0.333. The highest BCUT2D eigenvalue weighted by atomic mass is 32.2. The summed E-state index contributed by atoms with van der Waals surface area (Å²) in [7, 11) is -3.64. The van der Waals surface area contributed by atoms with Crippen LogP contribution in [0.4, 0.5) is 20.2 Å². The number of hydrogen-bond acceptors (Lipinski definition) is 5. The van der Waals surface area contributed by atoms with Crippen molar-refractivity contribution in [2.75, 3.05) is 17.6 Å². The summed E-state index contributed by atoms with van der Waals surface area (Å²) >= 11 is 0. The van der Waals surface area contributed by atoms with Gasteiger partial charge in [-0.25, -0.2) is 17.9 Å². The van der Waals surface area contributed by atoms with Crippen LogP contribution < -0.4 is 10.5 Å². The number of hydrogen-bond donors (Lipinski definition) is 2. The predicted octanol–water partition coefficient (Wildman–Crippen LogP) is 0.964. The summed E-state index contributed by atoms with van der Waals surface area (Å²) in [6.07, 6.45) is 0.0497. The Balaban J connectivity index is 2.80. The van der Waals surface area contributed by atoms with Crippen LogP contribution in [0.2, 0.25) is 0 Å². The molecule has 0 radical (unpaired) electrons. The molecule has 0 bridgehead atoms. The maximum Gasteiger partial charge on any atom is 0.327 e. The lowest BCUT2D eigenvalue weighted by atomic mass is 10.2. The van der Waals surface area contributed by atoms with Crippen LogP contribution in [-0.2, 0) is 10.0 Å². The molecule has 3 N–H and O–H groups in total. The lowest BCUT2D eigenvalue weighted by Crippen LogP contribution is -2.19. The van der Waals surface area contributed by atoms with E-state index in [2.05, 4.69) is 5.32 Å². The Morgan fingerprint density at radius 1 is 1.37 bits per heavy atom. The van der Waals surface area contributed by atoms with Gasteiger partial charge in [0.25, 0.3) is 0 Å². The van der Waals surface area contributed by atoms with E-state index in [0.717, 1.165) is 6.07 Å². The number of nitrogens with zero attached hydrogens (tertiary/aromatic N) is 1. The standard InChI is InChI=1S/C9H11F2N3O4S/c10-6-4-7(11)9(14(15)16)8(5-6)13-2-1-3-19(12,17)18/h4-5,13H,1-3H2,(H2,12,17,18). The van der Waals surface area contributed by atoms with Crippen molar-refractivity contribution < 1.29 is 22.1 Å². The molecule has 0 unspecified atom stereocenters. The van der Waals surface area contributed by atoms with Gasteiger partial charge in [-0.3, -0.25) is 10.1 Å². The summed E-state index contributed by atoms with van der Waals surface area (Å²) in [5.74, 6) is -2.62. The highest BCUT2D eigenvalue weighted by molar-refractivity contribution is 7.89. The number of sulfonamides is 1. The van der Waals surface area contributed by atoms with Crippen LogP contribution in [0.25, 0.3) is 0 Å². The molecule has 1 aromatic rings. The van der Waals surface area contributed by atoms with Crippen LogP contribution in [-0.4, -0.2) is 25.6 Å². The fourth-order valence-corrected chi connectivity index (χ4v) is 1.93. The number of rotatable bonds is 6. The molecule has 0 amide bonds. The summed E-state index contributed by atoms with van der Waals surface area (Å²) in [6.45, 7) is -0.0276. The van der Waals surface area contributed by atoms with E-state index >= 15 is 0 Å². The highest BCUT2D eigenvalue weighted by Gasteiger charge is 2.21. The molecule has 106 valence electrons. The smallest absolute Gasteiger partial charge is 0.327 e. The molecule has 0 atom stereocenters. The molecule has 7 nitrogen and oxygen atoms in total. The van der Waals surface area contributed by atoms with Crippen LogP contribution in [0, 0.1) is 21.7 Å². The molecular formula is C9H11F2N3O4S. The molecule has 0 heterocycles. The van der Waals surface area contributed by atoms with Crippen LogP contribution >= 0.6 is 0 Å². The Morgan fingerprint density at radius 2 is 2.00 bits per heavy atom. The Bertz CT molecular complexity index is 591. The molecule has 0 fully saturated rings. The van der Waals surface area contributed by atoms with Gasteiger partial charge in [0.15, 0.2) is 0 Å². The van der Waals surface area contributed by atoms with Crippen molar-refractivity contribution in [1.82, 2.24) is 0 Å². The van der Waals surface area contributed by atoms with Crippen LogP contribution in [0.5, 0.6) is 0 Å². The summed E-state index contributed by atoms with van der Waals surface area (Å²) in [4.78, 5) is 9.64.